The van der Waals surface area contributed by atoms with Gasteiger partial charge in [-0.1, -0.05) is 24.3 Å². The fourth-order valence-electron chi connectivity index (χ4n) is 3.19. The summed E-state index contributed by atoms with van der Waals surface area (Å²) in [6.45, 7) is 3.80. The lowest BCUT2D eigenvalue weighted by atomic mass is 9.83. The molecule has 2 aromatic rings. The molecule has 0 aromatic heterocycles. The Kier molecular flexibility index (Phi) is 6.38. The van der Waals surface area contributed by atoms with Gasteiger partial charge in [-0.05, 0) is 49.2 Å². The fraction of sp³-hybridized carbons (Fsp3) is 0.217. The third kappa shape index (κ3) is 4.44. The van der Waals surface area contributed by atoms with Crippen molar-refractivity contribution < 1.29 is 23.4 Å². The lowest BCUT2D eigenvalue weighted by Gasteiger charge is -2.27. The first-order valence-electron chi connectivity index (χ1n) is 9.37. The van der Waals surface area contributed by atoms with Gasteiger partial charge in [-0.15, -0.1) is 0 Å². The summed E-state index contributed by atoms with van der Waals surface area (Å²) in [6, 6.07) is 15.1. The van der Waals surface area contributed by atoms with Crippen LogP contribution in [0.4, 0.5) is 4.39 Å². The number of esters is 1. The lowest BCUT2D eigenvalue weighted by molar-refractivity contribution is -0.139. The van der Waals surface area contributed by atoms with Crippen LogP contribution in [0.5, 0.6) is 5.75 Å². The van der Waals surface area contributed by atoms with Crippen LogP contribution in [0.2, 0.25) is 0 Å². The predicted octanol–water partition coefficient (Wildman–Crippen LogP) is 4.05. The van der Waals surface area contributed by atoms with Gasteiger partial charge in [-0.25, -0.2) is 9.18 Å². The predicted molar refractivity (Wildman–Crippen MR) is 107 cm³/mol. The Balaban J connectivity index is 1.85. The molecule has 2 aromatic carbocycles. The molecular formula is C23H21FN2O4. The minimum atomic E-state index is -0.685. The molecule has 0 fully saturated rings. The Morgan fingerprint density at radius 3 is 2.47 bits per heavy atom. The molecule has 0 aliphatic carbocycles. The number of hydrogen-bond acceptors (Lipinski definition) is 6. The Morgan fingerprint density at radius 1 is 1.20 bits per heavy atom. The molecule has 0 bridgehead atoms. The van der Waals surface area contributed by atoms with Crippen molar-refractivity contribution in [3.05, 3.63) is 88.3 Å². The molecule has 1 heterocycles. The Labute approximate surface area is 174 Å². The normalized spacial score (nSPS) is 16.0. The van der Waals surface area contributed by atoms with Crippen LogP contribution < -0.4 is 10.5 Å². The number of carbonyl (C=O) groups excluding carboxylic acids is 1. The minimum absolute atomic E-state index is 0.0308. The summed E-state index contributed by atoms with van der Waals surface area (Å²) in [5.74, 6) is -0.741. The van der Waals surface area contributed by atoms with Gasteiger partial charge in [0.2, 0.25) is 5.88 Å². The van der Waals surface area contributed by atoms with Crippen molar-refractivity contribution in [1.29, 1.82) is 5.26 Å². The van der Waals surface area contributed by atoms with Crippen LogP contribution in [0.25, 0.3) is 0 Å². The SMILES string of the molecule is CCOC(=O)C1=C(C)OC(N)=C(C#N)C1c1ccc(COc2ccc(F)cc2)cc1. The molecule has 30 heavy (non-hydrogen) atoms. The number of carbonyl (C=O) groups is 1. The van der Waals surface area contributed by atoms with E-state index < -0.39 is 11.9 Å². The first-order chi connectivity index (χ1) is 14.4. The average Bonchev–Trinajstić information content (AvgIpc) is 2.73. The summed E-state index contributed by atoms with van der Waals surface area (Å²) >= 11 is 0. The van der Waals surface area contributed by atoms with Crippen LogP contribution in [0.15, 0.2) is 71.3 Å². The second kappa shape index (κ2) is 9.14. The average molecular weight is 408 g/mol. The highest BCUT2D eigenvalue weighted by Gasteiger charge is 2.36. The summed E-state index contributed by atoms with van der Waals surface area (Å²) in [7, 11) is 0. The third-order valence-corrected chi connectivity index (χ3v) is 4.63. The third-order valence-electron chi connectivity index (χ3n) is 4.63. The molecule has 0 saturated heterocycles. The summed E-state index contributed by atoms with van der Waals surface area (Å²) in [6.07, 6.45) is 0. The van der Waals surface area contributed by atoms with E-state index in [1.165, 1.54) is 12.1 Å². The van der Waals surface area contributed by atoms with Crippen LogP contribution in [0, 0.1) is 17.1 Å². The van der Waals surface area contributed by atoms with E-state index in [-0.39, 0.29) is 36.1 Å². The van der Waals surface area contributed by atoms with Crippen LogP contribution >= 0.6 is 0 Å². The number of allylic oxidation sites excluding steroid dienone is 2. The molecule has 1 aliphatic heterocycles. The molecule has 3 rings (SSSR count). The molecule has 0 radical (unpaired) electrons. The van der Waals surface area contributed by atoms with E-state index in [0.29, 0.717) is 17.1 Å². The van der Waals surface area contributed by atoms with Gasteiger partial charge in [0.15, 0.2) is 0 Å². The van der Waals surface area contributed by atoms with Crippen molar-refractivity contribution in [2.75, 3.05) is 6.61 Å². The van der Waals surface area contributed by atoms with Gasteiger partial charge >= 0.3 is 5.97 Å². The van der Waals surface area contributed by atoms with Crippen LogP contribution in [0.3, 0.4) is 0 Å². The Morgan fingerprint density at radius 2 is 1.87 bits per heavy atom. The van der Waals surface area contributed by atoms with Crippen LogP contribution in [0.1, 0.15) is 30.9 Å². The molecule has 1 atom stereocenters. The van der Waals surface area contributed by atoms with E-state index in [1.54, 1.807) is 38.1 Å². The zero-order valence-corrected chi connectivity index (χ0v) is 16.6. The quantitative estimate of drug-likeness (QED) is 0.725. The van der Waals surface area contributed by atoms with Crippen molar-refractivity contribution in [1.82, 2.24) is 0 Å². The molecule has 0 saturated carbocycles. The zero-order chi connectivity index (χ0) is 21.7. The summed E-state index contributed by atoms with van der Waals surface area (Å²) < 4.78 is 29.2. The Bertz CT molecular complexity index is 1030. The standard InChI is InChI=1S/C23H21FN2O4/c1-3-28-23(27)20-14(2)30-22(26)19(12-25)21(20)16-6-4-15(5-7-16)13-29-18-10-8-17(24)9-11-18/h4-11,21H,3,13,26H2,1-2H3. The van der Waals surface area contributed by atoms with Gasteiger partial charge in [-0.2, -0.15) is 5.26 Å². The second-order valence-corrected chi connectivity index (χ2v) is 6.60. The summed E-state index contributed by atoms with van der Waals surface area (Å²) in [5, 5.41) is 9.60. The fourth-order valence-corrected chi connectivity index (χ4v) is 3.19. The maximum absolute atomic E-state index is 13.0. The first-order valence-corrected chi connectivity index (χ1v) is 9.37. The summed E-state index contributed by atoms with van der Waals surface area (Å²) in [4.78, 5) is 12.5. The van der Waals surface area contributed by atoms with Crippen molar-refractivity contribution in [2.45, 2.75) is 26.4 Å². The van der Waals surface area contributed by atoms with Gasteiger partial charge in [0.1, 0.15) is 35.6 Å². The first kappa shape index (κ1) is 20.9. The van der Waals surface area contributed by atoms with Gasteiger partial charge < -0.3 is 19.9 Å². The monoisotopic (exact) mass is 408 g/mol. The lowest BCUT2D eigenvalue weighted by Crippen LogP contribution is -2.25. The highest BCUT2D eigenvalue weighted by molar-refractivity contribution is 5.92. The molecule has 0 spiro atoms. The van der Waals surface area contributed by atoms with Crippen molar-refractivity contribution in [3.63, 3.8) is 0 Å². The topological polar surface area (TPSA) is 94.6 Å². The maximum Gasteiger partial charge on any atom is 0.338 e. The number of nitrogens with two attached hydrogens (primary N) is 1. The van der Waals surface area contributed by atoms with Crippen molar-refractivity contribution in [3.8, 4) is 11.8 Å². The van der Waals surface area contributed by atoms with Crippen molar-refractivity contribution >= 4 is 5.97 Å². The number of rotatable bonds is 6. The van der Waals surface area contributed by atoms with E-state index in [4.69, 9.17) is 19.9 Å². The summed E-state index contributed by atoms with van der Waals surface area (Å²) in [5.41, 5.74) is 7.86. The molecule has 6 nitrogen and oxygen atoms in total. The highest BCUT2D eigenvalue weighted by Crippen LogP contribution is 2.39. The largest absolute Gasteiger partial charge is 0.489 e. The number of hydrogen-bond donors (Lipinski definition) is 1. The molecule has 7 heteroatoms. The molecule has 154 valence electrons. The molecule has 2 N–H and O–H groups in total. The number of benzene rings is 2. The minimum Gasteiger partial charge on any atom is -0.489 e. The van der Waals surface area contributed by atoms with E-state index in [0.717, 1.165) is 5.56 Å². The van der Waals surface area contributed by atoms with E-state index in [1.807, 2.05) is 18.2 Å². The smallest absolute Gasteiger partial charge is 0.338 e. The van der Waals surface area contributed by atoms with Gasteiger partial charge in [-0.3, -0.25) is 0 Å². The number of ether oxygens (including phenoxy) is 3. The van der Waals surface area contributed by atoms with Crippen LogP contribution in [-0.2, 0) is 20.9 Å². The zero-order valence-electron chi connectivity index (χ0n) is 16.6. The maximum atomic E-state index is 13.0. The molecule has 0 amide bonds. The highest BCUT2D eigenvalue weighted by atomic mass is 19.1. The number of nitriles is 1. The van der Waals surface area contributed by atoms with E-state index in [9.17, 15) is 14.4 Å². The molecule has 1 unspecified atom stereocenters. The molecular weight excluding hydrogens is 387 g/mol. The van der Waals surface area contributed by atoms with Gasteiger partial charge in [0.25, 0.3) is 0 Å². The Hall–Kier alpha value is -3.79. The number of halogens is 1. The van der Waals surface area contributed by atoms with Gasteiger partial charge in [0, 0.05) is 0 Å². The van der Waals surface area contributed by atoms with E-state index >= 15 is 0 Å². The second-order valence-electron chi connectivity index (χ2n) is 6.60. The van der Waals surface area contributed by atoms with Crippen molar-refractivity contribution in [2.24, 2.45) is 5.73 Å². The van der Waals surface area contributed by atoms with E-state index in [2.05, 4.69) is 0 Å². The van der Waals surface area contributed by atoms with Gasteiger partial charge in [0.05, 0.1) is 18.1 Å². The van der Waals surface area contributed by atoms with Crippen LogP contribution in [-0.4, -0.2) is 12.6 Å². The molecule has 1 aliphatic rings. The number of nitrogens with zero attached hydrogens (tertiary/aromatic N) is 1.